The Morgan fingerprint density at radius 1 is 1.44 bits per heavy atom. The quantitative estimate of drug-likeness (QED) is 0.540. The van der Waals surface area contributed by atoms with Gasteiger partial charge in [0.1, 0.15) is 0 Å². The molecule has 0 aliphatic heterocycles. The first-order chi connectivity index (χ1) is 4.30. The first kappa shape index (κ1) is 6.49. The fourth-order valence-electron chi connectivity index (χ4n) is 0.571. The van der Waals surface area contributed by atoms with Crippen LogP contribution in [0.5, 0.6) is 0 Å². The number of aromatic nitrogens is 1. The topological polar surface area (TPSA) is 12.9 Å². The molecule has 1 nitrogen and oxygen atoms in total. The third-order valence-electron chi connectivity index (χ3n) is 1.05. The smallest absolute Gasteiger partial charge is 0.0278 e. The predicted octanol–water partition coefficient (Wildman–Crippen LogP) is 1.77. The van der Waals surface area contributed by atoms with Gasteiger partial charge in [-0.25, -0.2) is 0 Å². The summed E-state index contributed by atoms with van der Waals surface area (Å²) in [4.78, 5) is 5.17. The van der Waals surface area contributed by atoms with Crippen LogP contribution in [0.4, 0.5) is 0 Å². The van der Waals surface area contributed by atoms with Crippen LogP contribution in [0.25, 0.3) is 0 Å². The summed E-state index contributed by atoms with van der Waals surface area (Å²) in [7, 11) is 0.131. The fraction of sp³-hybridized carbons (Fsp3) is 0.143. The second kappa shape index (κ2) is 2.78. The van der Waals surface area contributed by atoms with Crippen LogP contribution in [-0.4, -0.2) is 17.1 Å². The van der Waals surface area contributed by atoms with Gasteiger partial charge in [-0.05, 0) is 18.4 Å². The summed E-state index contributed by atoms with van der Waals surface area (Å²) < 4.78 is 0. The lowest BCUT2D eigenvalue weighted by molar-refractivity contribution is 1.26. The van der Waals surface area contributed by atoms with Crippen molar-refractivity contribution in [3.8, 4) is 0 Å². The van der Waals surface area contributed by atoms with Crippen molar-refractivity contribution in [2.45, 2.75) is 4.90 Å². The lowest BCUT2D eigenvalue weighted by atomic mass is 10.5. The first-order valence-corrected chi connectivity index (χ1v) is 4.46. The van der Waals surface area contributed by atoms with Crippen LogP contribution < -0.4 is 0 Å². The standard InChI is InChI=1S/C7H9NS/c1-9(2)7-3-5-8-6-4-7/h3-6H,1H2,2H3. The maximum atomic E-state index is 3.91. The van der Waals surface area contributed by atoms with E-state index in [1.807, 2.05) is 12.1 Å². The molecule has 48 valence electrons. The molecular weight excluding hydrogens is 130 g/mol. The van der Waals surface area contributed by atoms with E-state index in [1.54, 1.807) is 12.4 Å². The highest BCUT2D eigenvalue weighted by Gasteiger charge is 1.85. The summed E-state index contributed by atoms with van der Waals surface area (Å²) in [6.07, 6.45) is 5.68. The second-order valence-electron chi connectivity index (χ2n) is 1.82. The van der Waals surface area contributed by atoms with E-state index < -0.39 is 0 Å². The normalized spacial score (nSPS) is 13.0. The Hall–Kier alpha value is -0.630. The third-order valence-corrected chi connectivity index (χ3v) is 2.13. The minimum Gasteiger partial charge on any atom is -0.265 e. The molecule has 0 aromatic carbocycles. The van der Waals surface area contributed by atoms with E-state index in [2.05, 4.69) is 17.1 Å². The van der Waals surface area contributed by atoms with Gasteiger partial charge in [-0.15, -0.1) is 0 Å². The summed E-state index contributed by atoms with van der Waals surface area (Å²) in [6.45, 7) is 0. The molecule has 0 spiro atoms. The zero-order valence-electron chi connectivity index (χ0n) is 5.37. The molecule has 1 aromatic rings. The molecule has 2 heteroatoms. The molecule has 0 saturated carbocycles. The molecule has 1 atom stereocenters. The Bertz CT molecular complexity index is 205. The number of hydrogen-bond acceptors (Lipinski definition) is 1. The van der Waals surface area contributed by atoms with Crippen molar-refractivity contribution >= 4 is 16.4 Å². The summed E-state index contributed by atoms with van der Waals surface area (Å²) in [5.74, 6) is 3.91. The molecule has 1 unspecified atom stereocenters. The monoisotopic (exact) mass is 139 g/mol. The van der Waals surface area contributed by atoms with Crippen LogP contribution in [0, 0.1) is 0 Å². The van der Waals surface area contributed by atoms with Crippen molar-refractivity contribution in [2.24, 2.45) is 0 Å². The molecule has 9 heavy (non-hydrogen) atoms. The lowest BCUT2D eigenvalue weighted by Crippen LogP contribution is -1.71. The number of hydrogen-bond donors (Lipinski definition) is 0. The van der Waals surface area contributed by atoms with Crippen LogP contribution in [0.1, 0.15) is 0 Å². The molecule has 0 aliphatic carbocycles. The highest BCUT2D eigenvalue weighted by atomic mass is 32.2. The van der Waals surface area contributed by atoms with Gasteiger partial charge in [-0.1, -0.05) is 5.87 Å². The molecule has 0 amide bonds. The maximum Gasteiger partial charge on any atom is 0.0278 e. The van der Waals surface area contributed by atoms with E-state index in [1.165, 1.54) is 4.90 Å². The molecular formula is C7H9NS. The Morgan fingerprint density at radius 3 is 2.33 bits per heavy atom. The maximum absolute atomic E-state index is 3.91. The molecule has 0 N–H and O–H groups in total. The Labute approximate surface area is 57.7 Å². The number of pyridine rings is 1. The molecule has 0 radical (unpaired) electrons. The average Bonchev–Trinajstić information content (AvgIpc) is 1.90. The van der Waals surface area contributed by atoms with Crippen molar-refractivity contribution in [2.75, 3.05) is 6.26 Å². The summed E-state index contributed by atoms with van der Waals surface area (Å²) in [6, 6.07) is 3.99. The van der Waals surface area contributed by atoms with Gasteiger partial charge >= 0.3 is 0 Å². The number of nitrogens with zero attached hydrogens (tertiary/aromatic N) is 1. The van der Waals surface area contributed by atoms with Gasteiger partial charge in [0.2, 0.25) is 0 Å². The summed E-state index contributed by atoms with van der Waals surface area (Å²) in [5, 5.41) is 0. The Balaban J connectivity index is 2.98. The predicted molar refractivity (Wildman–Crippen MR) is 43.1 cm³/mol. The SMILES string of the molecule is C=S(C)c1ccncc1. The van der Waals surface area contributed by atoms with E-state index >= 15 is 0 Å². The van der Waals surface area contributed by atoms with Gasteiger partial charge in [-0.3, -0.25) is 4.98 Å². The van der Waals surface area contributed by atoms with Gasteiger partial charge in [0.05, 0.1) is 0 Å². The summed E-state index contributed by atoms with van der Waals surface area (Å²) >= 11 is 0. The average molecular weight is 139 g/mol. The van der Waals surface area contributed by atoms with E-state index in [0.717, 1.165) is 0 Å². The number of rotatable bonds is 1. The van der Waals surface area contributed by atoms with Crippen LogP contribution >= 0.6 is 10.5 Å². The highest BCUT2D eigenvalue weighted by molar-refractivity contribution is 8.13. The fourth-order valence-corrected chi connectivity index (χ4v) is 1.16. The first-order valence-electron chi connectivity index (χ1n) is 2.66. The molecule has 0 bridgehead atoms. The van der Waals surface area contributed by atoms with E-state index in [4.69, 9.17) is 0 Å². The van der Waals surface area contributed by atoms with E-state index in [9.17, 15) is 0 Å². The largest absolute Gasteiger partial charge is 0.265 e. The minimum absolute atomic E-state index is 0.131. The highest BCUT2D eigenvalue weighted by Crippen LogP contribution is 2.17. The van der Waals surface area contributed by atoms with Crippen LogP contribution in [0.3, 0.4) is 0 Å². The van der Waals surface area contributed by atoms with Crippen LogP contribution in [0.2, 0.25) is 0 Å². The molecule has 1 heterocycles. The van der Waals surface area contributed by atoms with Gasteiger partial charge in [-0.2, -0.15) is 10.5 Å². The van der Waals surface area contributed by atoms with Gasteiger partial charge < -0.3 is 0 Å². The zero-order valence-corrected chi connectivity index (χ0v) is 6.19. The molecule has 0 saturated heterocycles. The van der Waals surface area contributed by atoms with Crippen molar-refractivity contribution < 1.29 is 0 Å². The van der Waals surface area contributed by atoms with Gasteiger partial charge in [0, 0.05) is 17.3 Å². The van der Waals surface area contributed by atoms with Crippen LogP contribution in [0.15, 0.2) is 29.4 Å². The minimum atomic E-state index is 0.131. The zero-order chi connectivity index (χ0) is 6.69. The van der Waals surface area contributed by atoms with Crippen molar-refractivity contribution in [3.63, 3.8) is 0 Å². The summed E-state index contributed by atoms with van der Waals surface area (Å²) in [5.41, 5.74) is 0. The molecule has 1 rings (SSSR count). The lowest BCUT2D eigenvalue weighted by Gasteiger charge is -1.96. The Kier molecular flexibility index (Phi) is 2.01. The van der Waals surface area contributed by atoms with Gasteiger partial charge in [0.15, 0.2) is 0 Å². The van der Waals surface area contributed by atoms with Crippen LogP contribution in [-0.2, 0) is 0 Å². The van der Waals surface area contributed by atoms with E-state index in [0.29, 0.717) is 0 Å². The molecule has 0 fully saturated rings. The van der Waals surface area contributed by atoms with Gasteiger partial charge in [0.25, 0.3) is 0 Å². The Morgan fingerprint density at radius 2 is 2.00 bits per heavy atom. The second-order valence-corrected chi connectivity index (χ2v) is 3.57. The van der Waals surface area contributed by atoms with E-state index in [-0.39, 0.29) is 10.5 Å². The molecule has 1 aromatic heterocycles. The molecule has 0 aliphatic rings. The van der Waals surface area contributed by atoms with Crippen molar-refractivity contribution in [1.82, 2.24) is 4.98 Å². The van der Waals surface area contributed by atoms with Crippen molar-refractivity contribution in [3.05, 3.63) is 24.5 Å². The van der Waals surface area contributed by atoms with Crippen molar-refractivity contribution in [1.29, 1.82) is 0 Å². The third kappa shape index (κ3) is 1.64.